The fourth-order valence-corrected chi connectivity index (χ4v) is 1.88. The summed E-state index contributed by atoms with van der Waals surface area (Å²) in [5.41, 5.74) is 0. The van der Waals surface area contributed by atoms with E-state index in [9.17, 15) is 4.79 Å². The van der Waals surface area contributed by atoms with Gasteiger partial charge in [-0.3, -0.25) is 4.79 Å². The van der Waals surface area contributed by atoms with Gasteiger partial charge in [-0.15, -0.1) is 0 Å². The number of aliphatic hydroxyl groups excluding tert-OH is 1. The molecule has 0 aliphatic carbocycles. The van der Waals surface area contributed by atoms with Crippen LogP contribution in [0.1, 0.15) is 25.7 Å². The number of hydrogen-bond donors (Lipinski definition) is 2. The van der Waals surface area contributed by atoms with Gasteiger partial charge in [0.1, 0.15) is 0 Å². The van der Waals surface area contributed by atoms with E-state index in [0.717, 1.165) is 39.0 Å². The maximum absolute atomic E-state index is 11.9. The second-order valence-corrected chi connectivity index (χ2v) is 4.53. The van der Waals surface area contributed by atoms with Gasteiger partial charge in [0.15, 0.2) is 0 Å². The number of ether oxygens (including phenoxy) is 1. The van der Waals surface area contributed by atoms with Gasteiger partial charge in [0.25, 0.3) is 0 Å². The van der Waals surface area contributed by atoms with Crippen LogP contribution in [0.5, 0.6) is 0 Å². The number of rotatable bonds is 7. The molecule has 1 heterocycles. The summed E-state index contributed by atoms with van der Waals surface area (Å²) in [6.07, 6.45) is 3.26. The minimum atomic E-state index is 0.163. The number of carbonyl (C=O) groups is 1. The van der Waals surface area contributed by atoms with Crippen molar-refractivity contribution >= 4 is 5.91 Å². The Hall–Kier alpha value is -0.650. The van der Waals surface area contributed by atoms with Crippen LogP contribution in [0.4, 0.5) is 0 Å². The molecule has 1 aliphatic heterocycles. The molecule has 5 heteroatoms. The number of nitrogens with zero attached hydrogens (tertiary/aromatic N) is 1. The summed E-state index contributed by atoms with van der Waals surface area (Å²) in [5, 5.41) is 11.9. The first kappa shape index (κ1) is 14.4. The summed E-state index contributed by atoms with van der Waals surface area (Å²) in [5.74, 6) is 0.164. The predicted octanol–water partition coefficient (Wildman–Crippen LogP) is -0.0141. The maximum Gasteiger partial charge on any atom is 0.223 e. The second-order valence-electron chi connectivity index (χ2n) is 4.53. The molecular formula is C12H24N2O3. The summed E-state index contributed by atoms with van der Waals surface area (Å²) in [7, 11) is 1.84. The Morgan fingerprint density at radius 3 is 2.94 bits per heavy atom. The Morgan fingerprint density at radius 2 is 2.29 bits per heavy atom. The van der Waals surface area contributed by atoms with Crippen LogP contribution >= 0.6 is 0 Å². The highest BCUT2D eigenvalue weighted by molar-refractivity contribution is 5.76. The van der Waals surface area contributed by atoms with E-state index in [1.54, 1.807) is 4.90 Å². The molecule has 100 valence electrons. The van der Waals surface area contributed by atoms with Crippen LogP contribution in [-0.4, -0.2) is 61.9 Å². The van der Waals surface area contributed by atoms with Gasteiger partial charge in [0, 0.05) is 39.2 Å². The van der Waals surface area contributed by atoms with Crippen LogP contribution in [0.3, 0.4) is 0 Å². The molecule has 2 N–H and O–H groups in total. The largest absolute Gasteiger partial charge is 0.396 e. The molecule has 1 unspecified atom stereocenters. The first-order valence-corrected chi connectivity index (χ1v) is 6.40. The molecule has 0 saturated carbocycles. The van der Waals surface area contributed by atoms with Gasteiger partial charge < -0.3 is 20.1 Å². The van der Waals surface area contributed by atoms with Gasteiger partial charge >= 0.3 is 0 Å². The molecule has 17 heavy (non-hydrogen) atoms. The van der Waals surface area contributed by atoms with Crippen LogP contribution in [0, 0.1) is 0 Å². The van der Waals surface area contributed by atoms with E-state index >= 15 is 0 Å². The van der Waals surface area contributed by atoms with Crippen molar-refractivity contribution in [2.45, 2.75) is 31.7 Å². The average molecular weight is 244 g/mol. The van der Waals surface area contributed by atoms with Crippen molar-refractivity contribution in [1.82, 2.24) is 10.2 Å². The quantitative estimate of drug-likeness (QED) is 0.618. The minimum absolute atomic E-state index is 0.163. The topological polar surface area (TPSA) is 61.8 Å². The van der Waals surface area contributed by atoms with E-state index in [-0.39, 0.29) is 18.6 Å². The van der Waals surface area contributed by atoms with Crippen molar-refractivity contribution < 1.29 is 14.6 Å². The van der Waals surface area contributed by atoms with E-state index in [1.165, 1.54) is 0 Å². The lowest BCUT2D eigenvalue weighted by Gasteiger charge is -2.25. The third-order valence-electron chi connectivity index (χ3n) is 3.00. The zero-order valence-electron chi connectivity index (χ0n) is 10.7. The van der Waals surface area contributed by atoms with Gasteiger partial charge in [0.2, 0.25) is 5.91 Å². The van der Waals surface area contributed by atoms with Crippen molar-refractivity contribution in [2.24, 2.45) is 0 Å². The Kier molecular flexibility index (Phi) is 7.16. The standard InChI is InChI=1S/C12H24N2O3/c1-14(6-3-2-4-7-15)12(16)9-11-10-17-8-5-13-11/h11,13,15H,2-10H2,1H3. The lowest BCUT2D eigenvalue weighted by Crippen LogP contribution is -2.44. The van der Waals surface area contributed by atoms with E-state index < -0.39 is 0 Å². The molecule has 0 radical (unpaired) electrons. The zero-order chi connectivity index (χ0) is 12.5. The Bertz CT molecular complexity index is 218. The Morgan fingerprint density at radius 1 is 1.47 bits per heavy atom. The highest BCUT2D eigenvalue weighted by Crippen LogP contribution is 2.03. The summed E-state index contributed by atoms with van der Waals surface area (Å²) >= 11 is 0. The van der Waals surface area contributed by atoms with Crippen LogP contribution in [-0.2, 0) is 9.53 Å². The molecule has 0 aromatic rings. The number of unbranched alkanes of at least 4 members (excludes halogenated alkanes) is 2. The number of amides is 1. The van der Waals surface area contributed by atoms with E-state index in [2.05, 4.69) is 5.32 Å². The lowest BCUT2D eigenvalue weighted by molar-refractivity contribution is -0.131. The van der Waals surface area contributed by atoms with E-state index in [1.807, 2.05) is 7.05 Å². The molecule has 5 nitrogen and oxygen atoms in total. The van der Waals surface area contributed by atoms with Crippen LogP contribution in [0.2, 0.25) is 0 Å². The molecule has 0 bridgehead atoms. The molecule has 0 aromatic heterocycles. The highest BCUT2D eigenvalue weighted by Gasteiger charge is 2.18. The van der Waals surface area contributed by atoms with Gasteiger partial charge in [-0.1, -0.05) is 0 Å². The first-order valence-electron chi connectivity index (χ1n) is 6.40. The van der Waals surface area contributed by atoms with Gasteiger partial charge in [-0.05, 0) is 19.3 Å². The van der Waals surface area contributed by atoms with Gasteiger partial charge in [-0.25, -0.2) is 0 Å². The zero-order valence-corrected chi connectivity index (χ0v) is 10.7. The summed E-state index contributed by atoms with van der Waals surface area (Å²) in [6, 6.07) is 0.163. The maximum atomic E-state index is 11.9. The molecule has 1 atom stereocenters. The van der Waals surface area contributed by atoms with Crippen LogP contribution in [0.25, 0.3) is 0 Å². The molecule has 1 rings (SSSR count). The summed E-state index contributed by atoms with van der Waals surface area (Å²) in [6.45, 7) is 3.21. The number of aliphatic hydroxyl groups is 1. The van der Waals surface area contributed by atoms with Crippen molar-refractivity contribution in [3.05, 3.63) is 0 Å². The molecule has 1 aliphatic rings. The fourth-order valence-electron chi connectivity index (χ4n) is 1.88. The SMILES string of the molecule is CN(CCCCCO)C(=O)CC1COCCN1. The number of morpholine rings is 1. The van der Waals surface area contributed by atoms with Crippen molar-refractivity contribution in [3.8, 4) is 0 Å². The Balaban J connectivity index is 2.12. The first-order chi connectivity index (χ1) is 8.24. The minimum Gasteiger partial charge on any atom is -0.396 e. The van der Waals surface area contributed by atoms with Gasteiger partial charge in [-0.2, -0.15) is 0 Å². The molecule has 1 fully saturated rings. The number of hydrogen-bond acceptors (Lipinski definition) is 4. The second kappa shape index (κ2) is 8.44. The van der Waals surface area contributed by atoms with Crippen molar-refractivity contribution in [3.63, 3.8) is 0 Å². The predicted molar refractivity (Wildman–Crippen MR) is 65.8 cm³/mol. The third kappa shape index (κ3) is 6.00. The molecular weight excluding hydrogens is 220 g/mol. The van der Waals surface area contributed by atoms with Gasteiger partial charge in [0.05, 0.1) is 13.2 Å². The Labute approximate surface area is 103 Å². The van der Waals surface area contributed by atoms with Crippen molar-refractivity contribution in [2.75, 3.05) is 40.0 Å². The van der Waals surface area contributed by atoms with E-state index in [0.29, 0.717) is 13.0 Å². The van der Waals surface area contributed by atoms with Crippen molar-refractivity contribution in [1.29, 1.82) is 0 Å². The average Bonchev–Trinajstić information content (AvgIpc) is 2.35. The number of carbonyl (C=O) groups excluding carboxylic acids is 1. The summed E-state index contributed by atoms with van der Waals surface area (Å²) in [4.78, 5) is 13.6. The number of nitrogens with one attached hydrogen (secondary N) is 1. The molecule has 0 spiro atoms. The van der Waals surface area contributed by atoms with Crippen LogP contribution < -0.4 is 5.32 Å². The monoisotopic (exact) mass is 244 g/mol. The molecule has 1 amide bonds. The fraction of sp³-hybridized carbons (Fsp3) is 0.917. The van der Waals surface area contributed by atoms with E-state index in [4.69, 9.17) is 9.84 Å². The highest BCUT2D eigenvalue weighted by atomic mass is 16.5. The third-order valence-corrected chi connectivity index (χ3v) is 3.00. The summed E-state index contributed by atoms with van der Waals surface area (Å²) < 4.78 is 5.31. The molecule has 1 saturated heterocycles. The smallest absolute Gasteiger partial charge is 0.223 e. The normalized spacial score (nSPS) is 20.2. The molecule has 0 aromatic carbocycles. The lowest BCUT2D eigenvalue weighted by atomic mass is 10.1. The van der Waals surface area contributed by atoms with Crippen LogP contribution in [0.15, 0.2) is 0 Å².